The molecule has 3 aromatic rings. The molecule has 0 aliphatic heterocycles. The lowest BCUT2D eigenvalue weighted by Crippen LogP contribution is -2.14. The molecule has 2 aromatic heterocycles. The van der Waals surface area contributed by atoms with Gasteiger partial charge in [0, 0.05) is 17.3 Å². The van der Waals surface area contributed by atoms with Crippen LogP contribution >= 0.6 is 23.3 Å². The van der Waals surface area contributed by atoms with Crippen LogP contribution in [0.5, 0.6) is 0 Å². The van der Waals surface area contributed by atoms with Gasteiger partial charge in [0.25, 0.3) is 25.8 Å². The van der Waals surface area contributed by atoms with Crippen LogP contribution in [-0.4, -0.2) is 56.6 Å². The number of benzene rings is 1. The Morgan fingerprint density at radius 3 is 2.45 bits per heavy atom. The second kappa shape index (κ2) is 8.97. The van der Waals surface area contributed by atoms with Crippen LogP contribution in [0.2, 0.25) is 0 Å². The van der Waals surface area contributed by atoms with Crippen LogP contribution in [0.15, 0.2) is 49.3 Å². The van der Waals surface area contributed by atoms with Crippen molar-refractivity contribution in [1.82, 2.24) is 19.1 Å². The van der Waals surface area contributed by atoms with Gasteiger partial charge in [-0.2, -0.15) is 26.2 Å². The van der Waals surface area contributed by atoms with E-state index in [4.69, 9.17) is 9.11 Å². The number of hydrogen-bond donors (Lipinski definition) is 3. The van der Waals surface area contributed by atoms with Crippen molar-refractivity contribution in [1.29, 1.82) is 0 Å². The maximum Gasteiger partial charge on any atom is 0.299 e. The van der Waals surface area contributed by atoms with Gasteiger partial charge in [-0.15, -0.1) is 10.2 Å². The molecular formula is C14H14N6O7S4. The van der Waals surface area contributed by atoms with Gasteiger partial charge in [-0.1, -0.05) is 11.8 Å². The van der Waals surface area contributed by atoms with Crippen molar-refractivity contribution in [2.75, 3.05) is 11.5 Å². The van der Waals surface area contributed by atoms with Gasteiger partial charge >= 0.3 is 0 Å². The topological polar surface area (TPSA) is 197 Å². The number of azo groups is 1. The van der Waals surface area contributed by atoms with Gasteiger partial charge < -0.3 is 0 Å². The maximum atomic E-state index is 12.6. The molecule has 3 N–H and O–H groups in total. The zero-order chi connectivity index (χ0) is 22.8. The van der Waals surface area contributed by atoms with Gasteiger partial charge in [0.15, 0.2) is 5.69 Å². The van der Waals surface area contributed by atoms with Gasteiger partial charge in [0.05, 0.1) is 22.0 Å². The summed E-state index contributed by atoms with van der Waals surface area (Å²) in [5, 5.41) is 11.0. The van der Waals surface area contributed by atoms with E-state index in [2.05, 4.69) is 24.7 Å². The number of rotatable bonds is 8. The zero-order valence-corrected chi connectivity index (χ0v) is 18.8. The molecule has 2 heterocycles. The summed E-state index contributed by atoms with van der Waals surface area (Å²) in [6, 6.07) is 4.97. The largest absolute Gasteiger partial charge is 0.299 e. The Labute approximate surface area is 183 Å². The molecule has 1 aromatic carbocycles. The molecule has 166 valence electrons. The second-order valence-electron chi connectivity index (χ2n) is 5.89. The number of aryl methyl sites for hydroxylation is 1. The first kappa shape index (κ1) is 23.2. The van der Waals surface area contributed by atoms with Crippen molar-refractivity contribution >= 4 is 54.3 Å². The minimum atomic E-state index is -4.35. The lowest BCUT2D eigenvalue weighted by atomic mass is 10.3. The quantitative estimate of drug-likeness (QED) is 0.231. The minimum Gasteiger partial charge on any atom is -0.293 e. The molecule has 0 saturated carbocycles. The highest BCUT2D eigenvalue weighted by Crippen LogP contribution is 2.24. The van der Waals surface area contributed by atoms with E-state index in [1.807, 2.05) is 0 Å². The summed E-state index contributed by atoms with van der Waals surface area (Å²) in [5.41, 5.74) is 0.151. The van der Waals surface area contributed by atoms with Crippen LogP contribution in [0.4, 0.5) is 10.8 Å². The highest BCUT2D eigenvalue weighted by atomic mass is 32.2. The summed E-state index contributed by atoms with van der Waals surface area (Å²) in [6.07, 6.45) is 0. The molecule has 0 atom stereocenters. The molecule has 0 saturated heterocycles. The predicted molar refractivity (Wildman–Crippen MR) is 112 cm³/mol. The highest BCUT2D eigenvalue weighted by molar-refractivity contribution is 8.00. The average Bonchev–Trinajstić information content (AvgIpc) is 3.23. The van der Waals surface area contributed by atoms with Gasteiger partial charge in [0.2, 0.25) is 10.3 Å². The van der Waals surface area contributed by atoms with E-state index >= 15 is 0 Å². The van der Waals surface area contributed by atoms with E-state index in [0.717, 1.165) is 40.1 Å². The van der Waals surface area contributed by atoms with E-state index < -0.39 is 31.5 Å². The number of H-pyrrole nitrogens is 1. The van der Waals surface area contributed by atoms with Crippen molar-refractivity contribution in [2.24, 2.45) is 10.2 Å². The molecule has 17 heteroatoms. The van der Waals surface area contributed by atoms with Gasteiger partial charge in [-0.25, -0.2) is 4.68 Å². The molecule has 0 aliphatic rings. The Hall–Kier alpha value is -2.44. The molecule has 0 fully saturated rings. The van der Waals surface area contributed by atoms with Crippen molar-refractivity contribution in [3.63, 3.8) is 0 Å². The second-order valence-corrected chi connectivity index (χ2v) is 10.7. The third-order valence-corrected chi connectivity index (χ3v) is 7.05. The van der Waals surface area contributed by atoms with Crippen LogP contribution < -0.4 is 5.56 Å². The summed E-state index contributed by atoms with van der Waals surface area (Å²) in [5.74, 6) is -0.384. The Balaban J connectivity index is 1.77. The summed E-state index contributed by atoms with van der Waals surface area (Å²) in [7, 11) is -8.42. The molecule has 0 amide bonds. The summed E-state index contributed by atoms with van der Waals surface area (Å²) >= 11 is 1.91. The van der Waals surface area contributed by atoms with Crippen LogP contribution in [0, 0.1) is 6.92 Å². The smallest absolute Gasteiger partial charge is 0.293 e. The Morgan fingerprint density at radius 1 is 1.16 bits per heavy atom. The molecule has 31 heavy (non-hydrogen) atoms. The fourth-order valence-electron chi connectivity index (χ4n) is 2.24. The first-order chi connectivity index (χ1) is 14.4. The number of aromatic amines is 1. The maximum absolute atomic E-state index is 12.6. The molecule has 13 nitrogen and oxygen atoms in total. The minimum absolute atomic E-state index is 0.00497. The van der Waals surface area contributed by atoms with Crippen molar-refractivity contribution in [2.45, 2.75) is 17.0 Å². The van der Waals surface area contributed by atoms with Crippen LogP contribution in [-0.2, 0) is 20.2 Å². The normalized spacial score (nSPS) is 12.6. The van der Waals surface area contributed by atoms with Crippen molar-refractivity contribution in [3.8, 4) is 5.69 Å². The predicted octanol–water partition coefficient (Wildman–Crippen LogP) is 1.97. The lowest BCUT2D eigenvalue weighted by molar-refractivity contribution is 0.481. The molecular weight excluding hydrogens is 492 g/mol. The monoisotopic (exact) mass is 506 g/mol. The van der Waals surface area contributed by atoms with Crippen molar-refractivity contribution in [3.05, 3.63) is 40.3 Å². The van der Waals surface area contributed by atoms with E-state index in [0.29, 0.717) is 11.4 Å². The lowest BCUT2D eigenvalue weighted by Gasteiger charge is -2.02. The van der Waals surface area contributed by atoms with Crippen LogP contribution in [0.25, 0.3) is 5.69 Å². The molecule has 0 bridgehead atoms. The Bertz CT molecular complexity index is 1390. The average molecular weight is 507 g/mol. The van der Waals surface area contributed by atoms with E-state index in [1.165, 1.54) is 12.1 Å². The SMILES string of the molecule is Cc1[nH]n(-c2ccc(S(=O)(=O)O)cc2)c(=O)c1N=Nc1nc(SCCS(=O)(=O)O)ns1. The standard InChI is InChI=1S/C14H14N6O7S4/c1-8-11(16-17-13-15-14(19-29-13)28-6-7-30(22,23)24)12(21)20(18-8)9-2-4-10(5-3-9)31(25,26)27/h2-5,18H,6-7H2,1H3,(H,22,23,24)(H,25,26,27). The Kier molecular flexibility index (Phi) is 6.72. The summed E-state index contributed by atoms with van der Waals surface area (Å²) < 4.78 is 66.5. The molecule has 0 aliphatic carbocycles. The highest BCUT2D eigenvalue weighted by Gasteiger charge is 2.15. The molecule has 0 spiro atoms. The van der Waals surface area contributed by atoms with Gasteiger partial charge in [-0.05, 0) is 31.2 Å². The number of hydrogen-bond acceptors (Lipinski definition) is 11. The third kappa shape index (κ3) is 6.05. The number of aromatic nitrogens is 4. The van der Waals surface area contributed by atoms with E-state index in [1.54, 1.807) is 6.92 Å². The zero-order valence-electron chi connectivity index (χ0n) is 15.5. The number of nitrogens with one attached hydrogen (secondary N) is 1. The summed E-state index contributed by atoms with van der Waals surface area (Å²) in [4.78, 5) is 16.4. The molecule has 0 unspecified atom stereocenters. The fourth-order valence-corrected chi connectivity index (χ4v) is 5.01. The van der Waals surface area contributed by atoms with Crippen LogP contribution in [0.1, 0.15) is 5.69 Å². The third-order valence-electron chi connectivity index (χ3n) is 3.64. The number of nitrogens with zero attached hydrogens (tertiary/aromatic N) is 5. The first-order valence-corrected chi connectivity index (χ1v) is 13.0. The molecule has 3 rings (SSSR count). The fraction of sp³-hybridized carbons (Fsp3) is 0.214. The van der Waals surface area contributed by atoms with Crippen molar-refractivity contribution < 1.29 is 25.9 Å². The first-order valence-electron chi connectivity index (χ1n) is 8.17. The van der Waals surface area contributed by atoms with Crippen LogP contribution in [0.3, 0.4) is 0 Å². The van der Waals surface area contributed by atoms with E-state index in [9.17, 15) is 21.6 Å². The molecule has 0 radical (unpaired) electrons. The number of thioether (sulfide) groups is 1. The van der Waals surface area contributed by atoms with Gasteiger partial charge in [0.1, 0.15) is 0 Å². The van der Waals surface area contributed by atoms with E-state index in [-0.39, 0.29) is 26.6 Å². The Morgan fingerprint density at radius 2 is 1.84 bits per heavy atom. The summed E-state index contributed by atoms with van der Waals surface area (Å²) in [6.45, 7) is 1.59. The van der Waals surface area contributed by atoms with Gasteiger partial charge in [-0.3, -0.25) is 19.0 Å².